The minimum absolute atomic E-state index is 0.254. The summed E-state index contributed by atoms with van der Waals surface area (Å²) in [7, 11) is -3.34. The van der Waals surface area contributed by atoms with Crippen molar-refractivity contribution in [1.82, 2.24) is 0 Å². The van der Waals surface area contributed by atoms with Crippen LogP contribution in [0.3, 0.4) is 0 Å². The predicted molar refractivity (Wildman–Crippen MR) is 68.9 cm³/mol. The van der Waals surface area contributed by atoms with Gasteiger partial charge in [0.05, 0.1) is 9.72 Å². The van der Waals surface area contributed by atoms with E-state index in [0.717, 1.165) is 12.8 Å². The van der Waals surface area contributed by atoms with Crippen molar-refractivity contribution in [2.24, 2.45) is 0 Å². The highest BCUT2D eigenvalue weighted by Crippen LogP contribution is 2.27. The normalized spacial score (nSPS) is 17.3. The minimum atomic E-state index is -3.34. The van der Waals surface area contributed by atoms with Crippen LogP contribution in [0.4, 0.5) is 10.1 Å². The smallest absolute Gasteiger partial charge is 0.235 e. The number of nitrogens with one attached hydrogen (secondary N) is 1. The summed E-state index contributed by atoms with van der Waals surface area (Å²) in [5, 5.41) is -0.314. The molecule has 0 unspecified atom stereocenters. The first-order valence-corrected chi connectivity index (χ1v) is 7.79. The van der Waals surface area contributed by atoms with Crippen LogP contribution in [0.15, 0.2) is 22.7 Å². The van der Waals surface area contributed by atoms with Crippen LogP contribution in [0.2, 0.25) is 0 Å². The van der Waals surface area contributed by atoms with E-state index in [9.17, 15) is 12.8 Å². The predicted octanol–water partition coefficient (Wildman–Crippen LogP) is 3.27. The highest BCUT2D eigenvalue weighted by Gasteiger charge is 2.28. The first-order chi connectivity index (χ1) is 7.99. The fourth-order valence-corrected chi connectivity index (χ4v) is 3.96. The third-order valence-electron chi connectivity index (χ3n) is 2.92. The molecule has 3 nitrogen and oxygen atoms in total. The molecular weight excluding hydrogens is 309 g/mol. The molecule has 0 radical (unpaired) electrons. The van der Waals surface area contributed by atoms with E-state index in [1.807, 2.05) is 0 Å². The van der Waals surface area contributed by atoms with Gasteiger partial charge in [-0.3, -0.25) is 4.72 Å². The summed E-state index contributed by atoms with van der Waals surface area (Å²) >= 11 is 3.03. The Hall–Kier alpha value is -0.620. The molecule has 0 bridgehead atoms. The maximum Gasteiger partial charge on any atom is 0.235 e. The Morgan fingerprint density at radius 2 is 1.94 bits per heavy atom. The summed E-state index contributed by atoms with van der Waals surface area (Å²) in [6, 6.07) is 4.09. The van der Waals surface area contributed by atoms with E-state index in [-0.39, 0.29) is 9.72 Å². The monoisotopic (exact) mass is 321 g/mol. The average molecular weight is 322 g/mol. The molecule has 1 saturated carbocycles. The number of sulfonamides is 1. The van der Waals surface area contributed by atoms with Crippen molar-refractivity contribution in [3.8, 4) is 0 Å². The van der Waals surface area contributed by atoms with Crippen molar-refractivity contribution >= 4 is 31.6 Å². The van der Waals surface area contributed by atoms with Gasteiger partial charge >= 0.3 is 0 Å². The van der Waals surface area contributed by atoms with Gasteiger partial charge in [-0.1, -0.05) is 12.8 Å². The summed E-state index contributed by atoms with van der Waals surface area (Å²) in [4.78, 5) is 0. The molecule has 17 heavy (non-hydrogen) atoms. The first kappa shape index (κ1) is 12.8. The second-order valence-electron chi connectivity index (χ2n) is 4.18. The maximum absolute atomic E-state index is 13.0. The second-order valence-corrected chi connectivity index (χ2v) is 7.00. The van der Waals surface area contributed by atoms with Crippen molar-refractivity contribution < 1.29 is 12.8 Å². The third kappa shape index (κ3) is 2.98. The van der Waals surface area contributed by atoms with Gasteiger partial charge in [0.25, 0.3) is 0 Å². The number of rotatable bonds is 3. The van der Waals surface area contributed by atoms with E-state index < -0.39 is 15.8 Å². The van der Waals surface area contributed by atoms with Crippen LogP contribution < -0.4 is 4.72 Å². The number of anilines is 1. The molecule has 0 atom stereocenters. The van der Waals surface area contributed by atoms with Crippen LogP contribution in [0.5, 0.6) is 0 Å². The zero-order valence-electron chi connectivity index (χ0n) is 9.12. The zero-order chi connectivity index (χ0) is 12.5. The van der Waals surface area contributed by atoms with Crippen LogP contribution in [0, 0.1) is 5.82 Å². The molecule has 0 heterocycles. The van der Waals surface area contributed by atoms with Gasteiger partial charge in [0.1, 0.15) is 5.82 Å². The lowest BCUT2D eigenvalue weighted by atomic mass is 10.3. The van der Waals surface area contributed by atoms with E-state index in [1.54, 1.807) is 0 Å². The zero-order valence-corrected chi connectivity index (χ0v) is 11.5. The van der Waals surface area contributed by atoms with Gasteiger partial charge in [0, 0.05) is 5.69 Å². The van der Waals surface area contributed by atoms with Gasteiger partial charge in [-0.15, -0.1) is 0 Å². The van der Waals surface area contributed by atoms with E-state index >= 15 is 0 Å². The summed E-state index contributed by atoms with van der Waals surface area (Å²) in [5.41, 5.74) is 0.394. The lowest BCUT2D eigenvalue weighted by molar-refractivity contribution is 0.585. The van der Waals surface area contributed by atoms with Crippen LogP contribution in [-0.4, -0.2) is 13.7 Å². The van der Waals surface area contributed by atoms with Gasteiger partial charge in [-0.25, -0.2) is 12.8 Å². The molecule has 1 fully saturated rings. The molecule has 0 spiro atoms. The topological polar surface area (TPSA) is 46.2 Å². The third-order valence-corrected chi connectivity index (χ3v) is 5.40. The number of benzene rings is 1. The lowest BCUT2D eigenvalue weighted by Gasteiger charge is -2.13. The van der Waals surface area contributed by atoms with Gasteiger partial charge in [-0.05, 0) is 47.0 Å². The van der Waals surface area contributed by atoms with Crippen molar-refractivity contribution in [1.29, 1.82) is 0 Å². The molecule has 1 aliphatic rings. The summed E-state index contributed by atoms with van der Waals surface area (Å²) < 4.78 is 39.7. The Balaban J connectivity index is 2.17. The summed E-state index contributed by atoms with van der Waals surface area (Å²) in [6.45, 7) is 0. The second kappa shape index (κ2) is 4.94. The van der Waals surface area contributed by atoms with Crippen LogP contribution in [0.25, 0.3) is 0 Å². The molecule has 0 amide bonds. The Morgan fingerprint density at radius 3 is 2.53 bits per heavy atom. The summed E-state index contributed by atoms with van der Waals surface area (Å²) in [6.07, 6.45) is 3.33. The van der Waals surface area contributed by atoms with E-state index in [1.165, 1.54) is 18.2 Å². The quantitative estimate of drug-likeness (QED) is 0.928. The van der Waals surface area contributed by atoms with Gasteiger partial charge in [0.15, 0.2) is 0 Å². The van der Waals surface area contributed by atoms with Crippen LogP contribution in [0.1, 0.15) is 25.7 Å². The Labute approximate surface area is 109 Å². The molecule has 0 aliphatic heterocycles. The molecule has 1 N–H and O–H groups in total. The van der Waals surface area contributed by atoms with Gasteiger partial charge < -0.3 is 0 Å². The average Bonchev–Trinajstić information content (AvgIpc) is 2.77. The SMILES string of the molecule is O=S(=O)(Nc1ccc(F)c(Br)c1)C1CCCC1. The molecule has 94 valence electrons. The van der Waals surface area contributed by atoms with Crippen LogP contribution >= 0.6 is 15.9 Å². The Kier molecular flexibility index (Phi) is 3.73. The summed E-state index contributed by atoms with van der Waals surface area (Å²) in [5.74, 6) is -0.409. The number of hydrogen-bond donors (Lipinski definition) is 1. The van der Waals surface area contributed by atoms with Crippen molar-refractivity contribution in [2.75, 3.05) is 4.72 Å². The fourth-order valence-electron chi connectivity index (χ4n) is 2.01. The van der Waals surface area contributed by atoms with Gasteiger partial charge in [0.2, 0.25) is 10.0 Å². The first-order valence-electron chi connectivity index (χ1n) is 5.46. The Bertz CT molecular complexity index is 512. The molecule has 0 aromatic heterocycles. The molecule has 1 aromatic rings. The molecule has 0 saturated heterocycles. The highest BCUT2D eigenvalue weighted by molar-refractivity contribution is 9.10. The van der Waals surface area contributed by atoms with Crippen molar-refractivity contribution in [2.45, 2.75) is 30.9 Å². The Morgan fingerprint density at radius 1 is 1.29 bits per heavy atom. The van der Waals surface area contributed by atoms with E-state index in [2.05, 4.69) is 20.7 Å². The number of halogens is 2. The fraction of sp³-hybridized carbons (Fsp3) is 0.455. The molecule has 1 aliphatic carbocycles. The van der Waals surface area contributed by atoms with E-state index in [0.29, 0.717) is 18.5 Å². The van der Waals surface area contributed by atoms with Crippen molar-refractivity contribution in [3.05, 3.63) is 28.5 Å². The minimum Gasteiger partial charge on any atom is -0.283 e. The van der Waals surface area contributed by atoms with Crippen molar-refractivity contribution in [3.63, 3.8) is 0 Å². The molecular formula is C11H13BrFNO2S. The lowest BCUT2D eigenvalue weighted by Crippen LogP contribution is -2.25. The molecule has 6 heteroatoms. The van der Waals surface area contributed by atoms with Gasteiger partial charge in [-0.2, -0.15) is 0 Å². The van der Waals surface area contributed by atoms with E-state index in [4.69, 9.17) is 0 Å². The molecule has 2 rings (SSSR count). The van der Waals surface area contributed by atoms with Crippen LogP contribution in [-0.2, 0) is 10.0 Å². The largest absolute Gasteiger partial charge is 0.283 e. The maximum atomic E-state index is 13.0. The standard InChI is InChI=1S/C11H13BrFNO2S/c12-10-7-8(5-6-11(10)13)14-17(15,16)9-3-1-2-4-9/h5-7,9,14H,1-4H2. The molecule has 1 aromatic carbocycles. The number of hydrogen-bond acceptors (Lipinski definition) is 2. The highest BCUT2D eigenvalue weighted by atomic mass is 79.9.